The van der Waals surface area contributed by atoms with Crippen LogP contribution in [0.5, 0.6) is 0 Å². The third-order valence-corrected chi connectivity index (χ3v) is 5.33. The Balaban J connectivity index is 2.89. The van der Waals surface area contributed by atoms with Crippen LogP contribution < -0.4 is 0 Å². The van der Waals surface area contributed by atoms with Crippen molar-refractivity contribution in [1.82, 2.24) is 4.90 Å². The van der Waals surface area contributed by atoms with Gasteiger partial charge in [0.2, 0.25) is 0 Å². The Labute approximate surface area is 165 Å². The number of ketones is 1. The van der Waals surface area contributed by atoms with Crippen LogP contribution in [0.2, 0.25) is 0 Å². The highest BCUT2D eigenvalue weighted by atomic mass is 32.2. The Morgan fingerprint density at radius 3 is 2.37 bits per heavy atom. The lowest BCUT2D eigenvalue weighted by molar-refractivity contribution is -0.144. The molecule has 1 heterocycles. The van der Waals surface area contributed by atoms with Gasteiger partial charge in [-0.05, 0) is 33.3 Å². The molecule has 1 aliphatic heterocycles. The molecule has 1 amide bonds. The number of nitrogens with zero attached hydrogens (tertiary/aromatic N) is 1. The lowest BCUT2D eigenvalue weighted by atomic mass is 9.92. The standard InChI is InChI=1S/C20H29NO5S/c1-7-9-15(10-8-2)12-27-20(16(22)11-17(23)25-6)13-21(14-20)18(24)26-19(3,4)5/h7-10H,1,11-14H2,2-6H3/b10-8-,15-9+. The van der Waals surface area contributed by atoms with E-state index in [1.165, 1.54) is 23.8 Å². The van der Waals surface area contributed by atoms with Gasteiger partial charge in [-0.3, -0.25) is 9.59 Å². The van der Waals surface area contributed by atoms with E-state index in [0.29, 0.717) is 5.75 Å². The van der Waals surface area contributed by atoms with Gasteiger partial charge in [0.05, 0.1) is 7.11 Å². The quantitative estimate of drug-likeness (QED) is 0.356. The molecule has 0 aliphatic carbocycles. The molecule has 0 unspecified atom stereocenters. The number of esters is 1. The van der Waals surface area contributed by atoms with Gasteiger partial charge in [-0.15, -0.1) is 11.8 Å². The van der Waals surface area contributed by atoms with E-state index < -0.39 is 22.4 Å². The molecule has 1 rings (SSSR count). The van der Waals surface area contributed by atoms with Crippen LogP contribution in [0.3, 0.4) is 0 Å². The van der Waals surface area contributed by atoms with Crippen molar-refractivity contribution in [2.24, 2.45) is 0 Å². The number of Topliss-reactive ketones (excluding diaryl/α,β-unsaturated/α-hetero) is 1. The van der Waals surface area contributed by atoms with Gasteiger partial charge in [0.25, 0.3) is 0 Å². The lowest BCUT2D eigenvalue weighted by Crippen LogP contribution is -2.66. The lowest BCUT2D eigenvalue weighted by Gasteiger charge is -2.48. The van der Waals surface area contributed by atoms with Crippen molar-refractivity contribution < 1.29 is 23.9 Å². The van der Waals surface area contributed by atoms with Crippen molar-refractivity contribution in [3.05, 3.63) is 36.5 Å². The van der Waals surface area contributed by atoms with Crippen molar-refractivity contribution in [2.75, 3.05) is 26.0 Å². The third-order valence-electron chi connectivity index (χ3n) is 3.81. The molecule has 27 heavy (non-hydrogen) atoms. The van der Waals surface area contributed by atoms with Crippen molar-refractivity contribution in [1.29, 1.82) is 0 Å². The maximum absolute atomic E-state index is 12.7. The molecule has 0 aromatic carbocycles. The highest BCUT2D eigenvalue weighted by molar-refractivity contribution is 8.01. The summed E-state index contributed by atoms with van der Waals surface area (Å²) < 4.78 is 9.14. The number of hydrogen-bond donors (Lipinski definition) is 0. The first-order chi connectivity index (χ1) is 12.6. The maximum atomic E-state index is 12.7. The SMILES string of the molecule is C=C/C=C(\C=C/C)CSC1(C(=O)CC(=O)OC)CN(C(=O)OC(C)(C)C)C1. The number of likely N-dealkylation sites (tertiary alicyclic amines) is 1. The van der Waals surface area contributed by atoms with E-state index in [9.17, 15) is 14.4 Å². The predicted molar refractivity (Wildman–Crippen MR) is 108 cm³/mol. The predicted octanol–water partition coefficient (Wildman–Crippen LogP) is 3.53. The smallest absolute Gasteiger partial charge is 0.410 e. The number of hydrogen-bond acceptors (Lipinski definition) is 6. The summed E-state index contributed by atoms with van der Waals surface area (Å²) in [6.45, 7) is 11.4. The molecule has 1 fully saturated rings. The van der Waals surface area contributed by atoms with Gasteiger partial charge in [-0.2, -0.15) is 0 Å². The first kappa shape index (κ1) is 23.0. The zero-order valence-electron chi connectivity index (χ0n) is 16.7. The van der Waals surface area contributed by atoms with E-state index in [4.69, 9.17) is 4.74 Å². The minimum absolute atomic E-state index is 0.208. The van der Waals surface area contributed by atoms with E-state index >= 15 is 0 Å². The Hall–Kier alpha value is -2.02. The van der Waals surface area contributed by atoms with Crippen LogP contribution in [0, 0.1) is 0 Å². The number of carbonyl (C=O) groups is 3. The van der Waals surface area contributed by atoms with Crippen molar-refractivity contribution in [2.45, 2.75) is 44.5 Å². The molecule has 0 bridgehead atoms. The van der Waals surface area contributed by atoms with Gasteiger partial charge in [-0.1, -0.05) is 30.9 Å². The van der Waals surface area contributed by atoms with Crippen LogP contribution >= 0.6 is 11.8 Å². The van der Waals surface area contributed by atoms with E-state index in [1.54, 1.807) is 26.8 Å². The third kappa shape index (κ3) is 6.90. The maximum Gasteiger partial charge on any atom is 0.410 e. The molecular weight excluding hydrogens is 366 g/mol. The molecule has 0 aromatic heterocycles. The topological polar surface area (TPSA) is 72.9 Å². The molecule has 0 saturated carbocycles. The molecule has 150 valence electrons. The molecule has 1 aliphatic rings. The van der Waals surface area contributed by atoms with Gasteiger partial charge in [0.15, 0.2) is 5.78 Å². The van der Waals surface area contributed by atoms with E-state index in [1.807, 2.05) is 25.2 Å². The average molecular weight is 396 g/mol. The van der Waals surface area contributed by atoms with Crippen LogP contribution in [0.4, 0.5) is 4.79 Å². The summed E-state index contributed by atoms with van der Waals surface area (Å²) in [5.74, 6) is -0.255. The Kier molecular flexibility index (Phi) is 8.34. The van der Waals surface area contributed by atoms with E-state index in [-0.39, 0.29) is 25.3 Å². The van der Waals surface area contributed by atoms with Crippen LogP contribution in [-0.4, -0.2) is 59.0 Å². The normalized spacial score (nSPS) is 16.6. The number of ether oxygens (including phenoxy) is 2. The number of rotatable bonds is 8. The van der Waals surface area contributed by atoms with Gasteiger partial charge in [0.1, 0.15) is 16.8 Å². The van der Waals surface area contributed by atoms with Gasteiger partial charge in [0, 0.05) is 18.8 Å². The Bertz CT molecular complexity index is 639. The Morgan fingerprint density at radius 2 is 1.89 bits per heavy atom. The summed E-state index contributed by atoms with van der Waals surface area (Å²) in [5, 5.41) is 0. The molecule has 0 aromatic rings. The second-order valence-electron chi connectivity index (χ2n) is 7.27. The second kappa shape index (κ2) is 9.78. The fourth-order valence-electron chi connectivity index (χ4n) is 2.48. The fourth-order valence-corrected chi connectivity index (χ4v) is 3.84. The van der Waals surface area contributed by atoms with Gasteiger partial charge in [-0.25, -0.2) is 4.79 Å². The molecule has 0 spiro atoms. The average Bonchev–Trinajstić information content (AvgIpc) is 2.52. The Morgan fingerprint density at radius 1 is 1.26 bits per heavy atom. The van der Waals surface area contributed by atoms with Crippen LogP contribution in [-0.2, 0) is 19.1 Å². The van der Waals surface area contributed by atoms with Crippen molar-refractivity contribution in [3.8, 4) is 0 Å². The number of amides is 1. The zero-order chi connectivity index (χ0) is 20.7. The summed E-state index contributed by atoms with van der Waals surface area (Å²) in [7, 11) is 1.25. The summed E-state index contributed by atoms with van der Waals surface area (Å²) in [6.07, 6.45) is 6.64. The molecule has 7 heteroatoms. The molecule has 0 atom stereocenters. The summed E-state index contributed by atoms with van der Waals surface area (Å²) >= 11 is 1.42. The minimum Gasteiger partial charge on any atom is -0.469 e. The summed E-state index contributed by atoms with van der Waals surface area (Å²) in [4.78, 5) is 38.0. The first-order valence-electron chi connectivity index (χ1n) is 8.73. The highest BCUT2D eigenvalue weighted by Gasteiger charge is 2.52. The van der Waals surface area contributed by atoms with Crippen molar-refractivity contribution in [3.63, 3.8) is 0 Å². The number of thioether (sulfide) groups is 1. The van der Waals surface area contributed by atoms with Crippen molar-refractivity contribution >= 4 is 29.6 Å². The molecule has 1 saturated heterocycles. The minimum atomic E-state index is -0.840. The molecule has 6 nitrogen and oxygen atoms in total. The van der Waals surface area contributed by atoms with E-state index in [0.717, 1.165) is 5.57 Å². The molecule has 0 radical (unpaired) electrons. The molecular formula is C20H29NO5S. The van der Waals surface area contributed by atoms with Crippen LogP contribution in [0.1, 0.15) is 34.1 Å². The molecule has 0 N–H and O–H groups in total. The number of carbonyl (C=O) groups excluding carboxylic acids is 3. The highest BCUT2D eigenvalue weighted by Crippen LogP contribution is 2.39. The monoisotopic (exact) mass is 395 g/mol. The summed E-state index contributed by atoms with van der Waals surface area (Å²) in [6, 6.07) is 0. The fraction of sp³-hybridized carbons (Fsp3) is 0.550. The van der Waals surface area contributed by atoms with Gasteiger partial charge < -0.3 is 14.4 Å². The number of allylic oxidation sites excluding steroid dienone is 4. The first-order valence-corrected chi connectivity index (χ1v) is 9.71. The van der Waals surface area contributed by atoms with Gasteiger partial charge >= 0.3 is 12.1 Å². The zero-order valence-corrected chi connectivity index (χ0v) is 17.6. The second-order valence-corrected chi connectivity index (χ2v) is 8.63. The summed E-state index contributed by atoms with van der Waals surface area (Å²) in [5.41, 5.74) is 0.392. The van der Waals surface area contributed by atoms with Crippen LogP contribution in [0.25, 0.3) is 0 Å². The number of methoxy groups -OCH3 is 1. The largest absolute Gasteiger partial charge is 0.469 e. The van der Waals surface area contributed by atoms with E-state index in [2.05, 4.69) is 11.3 Å². The van der Waals surface area contributed by atoms with Crippen LogP contribution in [0.15, 0.2) is 36.5 Å².